The van der Waals surface area contributed by atoms with Crippen molar-refractivity contribution in [3.8, 4) is 0 Å². The Hall–Kier alpha value is -0.180. The van der Waals surface area contributed by atoms with E-state index in [-0.39, 0.29) is 24.0 Å². The Morgan fingerprint density at radius 2 is 0.800 bits per heavy atom. The highest BCUT2D eigenvalue weighted by atomic mass is 32.2. The second kappa shape index (κ2) is 3.11. The molecule has 0 saturated heterocycles. The maximum Gasteiger partial charge on any atom is 0.264 e. The van der Waals surface area contributed by atoms with Gasteiger partial charge in [0.1, 0.15) is 0 Å². The first-order valence-electron chi connectivity index (χ1n) is 6.95. The van der Waals surface area contributed by atoms with Crippen LogP contribution in [-0.4, -0.2) is 41.6 Å². The second-order valence-electron chi connectivity index (χ2n) is 7.15. The quantitative estimate of drug-likeness (QED) is 0.660. The molecule has 0 aromatic rings. The monoisotopic (exact) mass is 320 g/mol. The van der Waals surface area contributed by atoms with Crippen LogP contribution in [-0.2, 0) is 28.6 Å². The van der Waals surface area contributed by atoms with Crippen LogP contribution in [0.15, 0.2) is 0 Å². The molecular weight excluding hydrogens is 304 g/mol. The van der Waals surface area contributed by atoms with E-state index in [9.17, 15) is 16.8 Å². The first-order valence-corrected chi connectivity index (χ1v) is 10.6. The lowest BCUT2D eigenvalue weighted by molar-refractivity contribution is -0.174. The molecule has 0 aromatic carbocycles. The zero-order chi connectivity index (χ0) is 14.2. The van der Waals surface area contributed by atoms with Gasteiger partial charge >= 0.3 is 0 Å². The molecule has 112 valence electrons. The van der Waals surface area contributed by atoms with Crippen LogP contribution in [0.4, 0.5) is 0 Å². The van der Waals surface area contributed by atoms with Crippen LogP contribution in [0.3, 0.4) is 0 Å². The first kappa shape index (κ1) is 12.4. The zero-order valence-electron chi connectivity index (χ0n) is 11.0. The first-order chi connectivity index (χ1) is 9.19. The van der Waals surface area contributed by atoms with Crippen molar-refractivity contribution < 1.29 is 25.2 Å². The fraction of sp³-hybridized carbons (Fsp3) is 1.00. The summed E-state index contributed by atoms with van der Waals surface area (Å²) in [6, 6.07) is 0. The molecular formula is C12H16O6S2. The van der Waals surface area contributed by atoms with Crippen LogP contribution in [0.1, 0.15) is 0 Å². The van der Waals surface area contributed by atoms with Crippen molar-refractivity contribution in [2.75, 3.05) is 12.5 Å². The summed E-state index contributed by atoms with van der Waals surface area (Å²) in [5.41, 5.74) is 0. The second-order valence-corrected chi connectivity index (χ2v) is 10.4. The van der Waals surface area contributed by atoms with Gasteiger partial charge in [-0.05, 0) is 47.3 Å². The summed E-state index contributed by atoms with van der Waals surface area (Å²) >= 11 is 0. The highest BCUT2D eigenvalue weighted by Crippen LogP contribution is 2.89. The Bertz CT molecular complexity index is 650. The van der Waals surface area contributed by atoms with E-state index in [4.69, 9.17) is 8.37 Å². The molecule has 8 heteroatoms. The number of hydrogen-bond donors (Lipinski definition) is 0. The molecule has 0 spiro atoms. The molecule has 6 rings (SSSR count). The van der Waals surface area contributed by atoms with Gasteiger partial charge in [0.15, 0.2) is 0 Å². The van der Waals surface area contributed by atoms with Crippen LogP contribution in [0, 0.1) is 47.3 Å². The van der Waals surface area contributed by atoms with Gasteiger partial charge in [0, 0.05) is 0 Å². The Kier molecular flexibility index (Phi) is 1.93. The Labute approximate surface area is 118 Å². The fourth-order valence-electron chi connectivity index (χ4n) is 6.74. The maximum absolute atomic E-state index is 11.4. The molecule has 0 heterocycles. The van der Waals surface area contributed by atoms with Gasteiger partial charge in [-0.3, -0.25) is 8.37 Å². The highest BCUT2D eigenvalue weighted by Gasteiger charge is 2.90. The third-order valence-corrected chi connectivity index (χ3v) is 7.68. The van der Waals surface area contributed by atoms with Gasteiger partial charge in [-0.25, -0.2) is 0 Å². The minimum absolute atomic E-state index is 0.187. The molecule has 0 aliphatic heterocycles. The summed E-state index contributed by atoms with van der Waals surface area (Å²) in [7, 11) is -6.92. The molecule has 10 atom stereocenters. The van der Waals surface area contributed by atoms with Crippen molar-refractivity contribution in [3.63, 3.8) is 0 Å². The van der Waals surface area contributed by atoms with Crippen LogP contribution in [0.5, 0.6) is 0 Å². The molecule has 0 aromatic heterocycles. The van der Waals surface area contributed by atoms with Gasteiger partial charge in [-0.15, -0.1) is 0 Å². The van der Waals surface area contributed by atoms with Gasteiger partial charge in [-0.2, -0.15) is 16.8 Å². The molecule has 6 fully saturated rings. The SMILES string of the molecule is CS(=O)(=O)O[C@H]1[C@@H]2[C@@H]3[C@@H]4[C@H](OS(C)(=O)=O)[C@H]5[C@@H]([C@@H]14)[C@H]2[C@H]53. The van der Waals surface area contributed by atoms with E-state index >= 15 is 0 Å². The van der Waals surface area contributed by atoms with Crippen LogP contribution in [0.2, 0.25) is 0 Å². The summed E-state index contributed by atoms with van der Waals surface area (Å²) in [6.45, 7) is 0. The third kappa shape index (κ3) is 1.16. The van der Waals surface area contributed by atoms with Crippen molar-refractivity contribution in [3.05, 3.63) is 0 Å². The average Bonchev–Trinajstić information content (AvgIpc) is 2.66. The normalized spacial score (nSPS) is 60.7. The molecule has 6 saturated carbocycles. The van der Waals surface area contributed by atoms with Crippen molar-refractivity contribution in [1.82, 2.24) is 0 Å². The number of hydrogen-bond acceptors (Lipinski definition) is 6. The largest absolute Gasteiger partial charge is 0.266 e. The van der Waals surface area contributed by atoms with Crippen LogP contribution < -0.4 is 0 Å². The molecule has 0 unspecified atom stereocenters. The molecule has 0 amide bonds. The summed E-state index contributed by atoms with van der Waals surface area (Å²) in [6.07, 6.45) is 1.72. The third-order valence-electron chi connectivity index (χ3n) is 6.53. The topological polar surface area (TPSA) is 86.7 Å². The maximum atomic E-state index is 11.4. The Morgan fingerprint density at radius 1 is 0.550 bits per heavy atom. The van der Waals surface area contributed by atoms with E-state index in [0.29, 0.717) is 35.5 Å². The lowest BCUT2D eigenvalue weighted by Crippen LogP contribution is -2.61. The molecule has 0 radical (unpaired) electrons. The zero-order valence-corrected chi connectivity index (χ0v) is 12.7. The van der Waals surface area contributed by atoms with E-state index in [1.807, 2.05) is 0 Å². The number of rotatable bonds is 4. The van der Waals surface area contributed by atoms with E-state index in [0.717, 1.165) is 12.5 Å². The van der Waals surface area contributed by atoms with E-state index in [1.54, 1.807) is 0 Å². The van der Waals surface area contributed by atoms with Crippen LogP contribution in [0.25, 0.3) is 0 Å². The lowest BCUT2D eigenvalue weighted by Gasteiger charge is -2.63. The smallest absolute Gasteiger partial charge is 0.264 e. The molecule has 6 aliphatic rings. The average molecular weight is 320 g/mol. The van der Waals surface area contributed by atoms with Gasteiger partial charge in [-0.1, -0.05) is 0 Å². The van der Waals surface area contributed by atoms with Gasteiger partial charge in [0.25, 0.3) is 20.2 Å². The van der Waals surface area contributed by atoms with Crippen molar-refractivity contribution in [2.45, 2.75) is 12.2 Å². The highest BCUT2D eigenvalue weighted by molar-refractivity contribution is 7.86. The molecule has 0 N–H and O–H groups in total. The Balaban J connectivity index is 1.50. The Morgan fingerprint density at radius 3 is 1.10 bits per heavy atom. The van der Waals surface area contributed by atoms with Gasteiger partial charge in [0.2, 0.25) is 0 Å². The minimum atomic E-state index is -3.46. The molecule has 6 nitrogen and oxygen atoms in total. The molecule has 6 aliphatic carbocycles. The van der Waals surface area contributed by atoms with Crippen molar-refractivity contribution in [2.24, 2.45) is 47.3 Å². The predicted molar refractivity (Wildman–Crippen MR) is 67.4 cm³/mol. The van der Waals surface area contributed by atoms with Gasteiger partial charge in [0.05, 0.1) is 24.7 Å². The molecule has 20 heavy (non-hydrogen) atoms. The van der Waals surface area contributed by atoms with Crippen molar-refractivity contribution in [1.29, 1.82) is 0 Å². The van der Waals surface area contributed by atoms with Crippen LogP contribution >= 0.6 is 0 Å². The fourth-order valence-corrected chi connectivity index (χ4v) is 8.06. The van der Waals surface area contributed by atoms with Crippen molar-refractivity contribution >= 4 is 20.2 Å². The lowest BCUT2D eigenvalue weighted by atomic mass is 9.41. The summed E-state index contributed by atoms with van der Waals surface area (Å²) in [4.78, 5) is 0. The van der Waals surface area contributed by atoms with E-state index in [1.165, 1.54) is 0 Å². The van der Waals surface area contributed by atoms with E-state index < -0.39 is 20.2 Å². The van der Waals surface area contributed by atoms with E-state index in [2.05, 4.69) is 0 Å². The summed E-state index contributed by atoms with van der Waals surface area (Å²) in [5, 5.41) is 0. The minimum Gasteiger partial charge on any atom is -0.266 e. The van der Waals surface area contributed by atoms with Gasteiger partial charge < -0.3 is 0 Å². The molecule has 4 bridgehead atoms. The predicted octanol–water partition coefficient (Wildman–Crippen LogP) is -0.326. The standard InChI is InChI=1S/C12H16O6S2/c1-19(13,14)17-11-7-3-4-5(7)10-9(11)6(3)8(4)12(10)18-20(2,15)16/h3-12H,1-2H3/t3-,4+,5-,6+,7+,8-,9-,10+,11+,12-. The summed E-state index contributed by atoms with van der Waals surface area (Å²) in [5.74, 6) is 2.99. The summed E-state index contributed by atoms with van der Waals surface area (Å²) < 4.78 is 56.4.